The maximum atomic E-state index is 12.7. The second-order valence-corrected chi connectivity index (χ2v) is 7.28. The topological polar surface area (TPSA) is 51.0 Å². The minimum atomic E-state index is 0.141. The molecule has 6 heteroatoms. The summed E-state index contributed by atoms with van der Waals surface area (Å²) in [4.78, 5) is 23.3. The Kier molecular flexibility index (Phi) is 4.06. The zero-order chi connectivity index (χ0) is 16.5. The number of thiazole rings is 1. The van der Waals surface area contributed by atoms with Crippen molar-refractivity contribution >= 4 is 27.5 Å². The lowest BCUT2D eigenvalue weighted by Crippen LogP contribution is -2.39. The number of piperidine rings is 1. The molecule has 124 valence electrons. The van der Waals surface area contributed by atoms with Gasteiger partial charge in [-0.1, -0.05) is 0 Å². The van der Waals surface area contributed by atoms with Gasteiger partial charge in [-0.15, -0.1) is 11.3 Å². The van der Waals surface area contributed by atoms with Crippen molar-refractivity contribution < 1.29 is 4.79 Å². The van der Waals surface area contributed by atoms with Crippen molar-refractivity contribution in [3.05, 3.63) is 47.5 Å². The first-order valence-electron chi connectivity index (χ1n) is 8.31. The monoisotopic (exact) mass is 340 g/mol. The molecule has 2 aromatic heterocycles. The average molecular weight is 340 g/mol. The number of hydrogen-bond acceptors (Lipinski definition) is 4. The number of aromatic nitrogens is 3. The van der Waals surface area contributed by atoms with Crippen molar-refractivity contribution in [1.82, 2.24) is 19.4 Å². The molecule has 3 heterocycles. The first-order chi connectivity index (χ1) is 11.7. The first-order valence-corrected chi connectivity index (χ1v) is 9.19. The van der Waals surface area contributed by atoms with Crippen molar-refractivity contribution in [2.45, 2.75) is 26.3 Å². The summed E-state index contributed by atoms with van der Waals surface area (Å²) in [6.07, 6.45) is 5.99. The minimum absolute atomic E-state index is 0.141. The van der Waals surface area contributed by atoms with E-state index in [0.717, 1.165) is 54.1 Å². The Hall–Kier alpha value is -2.21. The van der Waals surface area contributed by atoms with Crippen LogP contribution in [0.1, 0.15) is 29.0 Å². The molecule has 1 fully saturated rings. The molecule has 1 aromatic carbocycles. The predicted octanol–water partition coefficient (Wildman–Crippen LogP) is 3.35. The summed E-state index contributed by atoms with van der Waals surface area (Å²) in [5.74, 6) is 1.82. The number of nitrogens with zero attached hydrogens (tertiary/aromatic N) is 4. The Morgan fingerprint density at radius 3 is 2.88 bits per heavy atom. The van der Waals surface area contributed by atoms with Gasteiger partial charge in [-0.3, -0.25) is 4.79 Å². The number of rotatable bonds is 3. The molecule has 0 saturated carbocycles. The Morgan fingerprint density at radius 2 is 2.12 bits per heavy atom. The molecule has 5 nitrogen and oxygen atoms in total. The lowest BCUT2D eigenvalue weighted by molar-refractivity contribution is 0.0683. The van der Waals surface area contributed by atoms with Crippen LogP contribution in [0, 0.1) is 12.8 Å². The highest BCUT2D eigenvalue weighted by Gasteiger charge is 2.24. The summed E-state index contributed by atoms with van der Waals surface area (Å²) < 4.78 is 3.28. The number of likely N-dealkylation sites (tertiary alicyclic amines) is 1. The third-order valence-electron chi connectivity index (χ3n) is 4.86. The zero-order valence-corrected chi connectivity index (χ0v) is 14.5. The number of carbonyl (C=O) groups excluding carboxylic acids is 1. The van der Waals surface area contributed by atoms with Crippen LogP contribution in [0.3, 0.4) is 0 Å². The second-order valence-electron chi connectivity index (χ2n) is 6.40. The number of imidazole rings is 1. The van der Waals surface area contributed by atoms with Gasteiger partial charge in [0.1, 0.15) is 5.82 Å². The van der Waals surface area contributed by atoms with Gasteiger partial charge in [-0.05, 0) is 43.9 Å². The fourth-order valence-electron chi connectivity index (χ4n) is 3.36. The lowest BCUT2D eigenvalue weighted by atomic mass is 9.96. The number of aryl methyl sites for hydroxylation is 1. The summed E-state index contributed by atoms with van der Waals surface area (Å²) in [5, 5.41) is 0. The number of carbonyl (C=O) groups is 1. The molecule has 0 atom stereocenters. The van der Waals surface area contributed by atoms with E-state index in [2.05, 4.69) is 14.5 Å². The van der Waals surface area contributed by atoms with Crippen LogP contribution in [0.2, 0.25) is 0 Å². The van der Waals surface area contributed by atoms with E-state index in [1.165, 1.54) is 0 Å². The van der Waals surface area contributed by atoms with Crippen LogP contribution in [0.25, 0.3) is 10.2 Å². The van der Waals surface area contributed by atoms with Gasteiger partial charge in [0.15, 0.2) is 0 Å². The van der Waals surface area contributed by atoms with Crippen LogP contribution in [0.15, 0.2) is 36.1 Å². The first kappa shape index (κ1) is 15.3. The zero-order valence-electron chi connectivity index (χ0n) is 13.7. The van der Waals surface area contributed by atoms with Gasteiger partial charge >= 0.3 is 0 Å². The van der Waals surface area contributed by atoms with Crippen molar-refractivity contribution in [2.75, 3.05) is 13.1 Å². The molecule has 0 aliphatic carbocycles. The fourth-order valence-corrected chi connectivity index (χ4v) is 4.08. The summed E-state index contributed by atoms with van der Waals surface area (Å²) in [6.45, 7) is 4.70. The Labute approximate surface area is 145 Å². The third-order valence-corrected chi connectivity index (χ3v) is 5.65. The van der Waals surface area contributed by atoms with Gasteiger partial charge < -0.3 is 9.47 Å². The van der Waals surface area contributed by atoms with Crippen molar-refractivity contribution in [3.63, 3.8) is 0 Å². The fraction of sp³-hybridized carbons (Fsp3) is 0.389. The van der Waals surface area contributed by atoms with Gasteiger partial charge in [0.2, 0.25) is 0 Å². The number of fused-ring (bicyclic) bond motifs is 1. The largest absolute Gasteiger partial charge is 0.339 e. The van der Waals surface area contributed by atoms with Crippen molar-refractivity contribution in [3.8, 4) is 0 Å². The molecule has 0 radical (unpaired) electrons. The highest BCUT2D eigenvalue weighted by molar-refractivity contribution is 7.16. The second kappa shape index (κ2) is 6.36. The van der Waals surface area contributed by atoms with Gasteiger partial charge in [0.05, 0.1) is 15.7 Å². The van der Waals surface area contributed by atoms with Gasteiger partial charge in [0, 0.05) is 37.6 Å². The summed E-state index contributed by atoms with van der Waals surface area (Å²) >= 11 is 1.58. The maximum Gasteiger partial charge on any atom is 0.253 e. The van der Waals surface area contributed by atoms with Crippen molar-refractivity contribution in [2.24, 2.45) is 5.92 Å². The molecule has 4 rings (SSSR count). The Morgan fingerprint density at radius 1 is 1.29 bits per heavy atom. The van der Waals surface area contributed by atoms with E-state index in [9.17, 15) is 4.79 Å². The Balaban J connectivity index is 1.39. The maximum absolute atomic E-state index is 12.7. The molecule has 1 aliphatic heterocycles. The molecular weight excluding hydrogens is 320 g/mol. The van der Waals surface area contributed by atoms with Crippen LogP contribution in [0.5, 0.6) is 0 Å². The molecule has 0 N–H and O–H groups in total. The molecule has 24 heavy (non-hydrogen) atoms. The average Bonchev–Trinajstić information content (AvgIpc) is 3.23. The van der Waals surface area contributed by atoms with E-state index in [0.29, 0.717) is 5.92 Å². The lowest BCUT2D eigenvalue weighted by Gasteiger charge is -2.32. The SMILES string of the molecule is Cc1nccn1CC1CCN(C(=O)c2ccc3ncsc3c2)CC1. The molecule has 1 saturated heterocycles. The van der Waals surface area contributed by atoms with Crippen LogP contribution in [-0.2, 0) is 6.54 Å². The summed E-state index contributed by atoms with van der Waals surface area (Å²) in [7, 11) is 0. The van der Waals surface area contributed by atoms with E-state index < -0.39 is 0 Å². The minimum Gasteiger partial charge on any atom is -0.339 e. The van der Waals surface area contributed by atoms with Gasteiger partial charge in [-0.2, -0.15) is 0 Å². The number of benzene rings is 1. The quantitative estimate of drug-likeness (QED) is 0.735. The van der Waals surface area contributed by atoms with E-state index in [4.69, 9.17) is 0 Å². The summed E-state index contributed by atoms with van der Waals surface area (Å²) in [6, 6.07) is 5.80. The van der Waals surface area contributed by atoms with E-state index >= 15 is 0 Å². The van der Waals surface area contributed by atoms with Crippen LogP contribution in [0.4, 0.5) is 0 Å². The smallest absolute Gasteiger partial charge is 0.253 e. The van der Waals surface area contributed by atoms with E-state index in [1.807, 2.05) is 47.9 Å². The molecule has 0 spiro atoms. The van der Waals surface area contributed by atoms with E-state index in [1.54, 1.807) is 11.3 Å². The van der Waals surface area contributed by atoms with Crippen molar-refractivity contribution in [1.29, 1.82) is 0 Å². The van der Waals surface area contributed by atoms with Gasteiger partial charge in [0.25, 0.3) is 5.91 Å². The number of amides is 1. The highest BCUT2D eigenvalue weighted by atomic mass is 32.1. The standard InChI is InChI=1S/C18H20N4OS/c1-13-19-6-9-22(13)11-14-4-7-21(8-5-14)18(23)15-2-3-16-17(10-15)24-12-20-16/h2-3,6,9-10,12,14H,4-5,7-8,11H2,1H3. The molecule has 1 aliphatic rings. The predicted molar refractivity (Wildman–Crippen MR) is 95.2 cm³/mol. The molecule has 3 aromatic rings. The summed E-state index contributed by atoms with van der Waals surface area (Å²) in [5.41, 5.74) is 3.56. The number of hydrogen-bond donors (Lipinski definition) is 0. The molecule has 0 bridgehead atoms. The molecule has 0 unspecified atom stereocenters. The highest BCUT2D eigenvalue weighted by Crippen LogP contribution is 2.23. The van der Waals surface area contributed by atoms with Gasteiger partial charge in [-0.25, -0.2) is 9.97 Å². The molecule has 1 amide bonds. The van der Waals surface area contributed by atoms with Crippen LogP contribution >= 0.6 is 11.3 Å². The Bertz CT molecular complexity index is 861. The van der Waals surface area contributed by atoms with E-state index in [-0.39, 0.29) is 5.91 Å². The van der Waals surface area contributed by atoms with Crippen LogP contribution in [-0.4, -0.2) is 38.4 Å². The normalized spacial score (nSPS) is 16.0. The van der Waals surface area contributed by atoms with Crippen LogP contribution < -0.4 is 0 Å². The molecular formula is C18H20N4OS. The third kappa shape index (κ3) is 2.94.